The molecule has 0 fully saturated rings. The number of thioether (sulfide) groups is 1. The Morgan fingerprint density at radius 2 is 1.80 bits per heavy atom. The van der Waals surface area contributed by atoms with Gasteiger partial charge in [0.15, 0.2) is 11.0 Å². The molecule has 1 aromatic heterocycles. The second-order valence-corrected chi connectivity index (χ2v) is 9.66. The fraction of sp³-hybridized carbons (Fsp3) is 0.304. The fourth-order valence-electron chi connectivity index (χ4n) is 2.82. The second kappa shape index (κ2) is 9.90. The molecule has 7 heteroatoms. The third-order valence-corrected chi connectivity index (χ3v) is 6.32. The molecule has 0 unspecified atom stereocenters. The predicted molar refractivity (Wildman–Crippen MR) is 126 cm³/mol. The first kappa shape index (κ1) is 22.7. The summed E-state index contributed by atoms with van der Waals surface area (Å²) in [6.45, 7) is 11.4. The number of benzene rings is 2. The van der Waals surface area contributed by atoms with Gasteiger partial charge >= 0.3 is 0 Å². The fourth-order valence-corrected chi connectivity index (χ4v) is 4.05. The molecule has 158 valence electrons. The quantitative estimate of drug-likeness (QED) is 0.269. The molecule has 0 N–H and O–H groups in total. The molecule has 0 spiro atoms. The maximum atomic E-state index is 6.11. The summed E-state index contributed by atoms with van der Waals surface area (Å²) in [7, 11) is 0. The Morgan fingerprint density at radius 1 is 1.07 bits per heavy atom. The first-order valence-corrected chi connectivity index (χ1v) is 11.3. The Bertz CT molecular complexity index is 1010. The van der Waals surface area contributed by atoms with Gasteiger partial charge < -0.3 is 4.74 Å². The van der Waals surface area contributed by atoms with Crippen molar-refractivity contribution in [2.45, 2.75) is 50.2 Å². The average Bonchev–Trinajstić information content (AvgIpc) is 3.09. The molecule has 0 aliphatic heterocycles. The number of rotatable bonds is 8. The Kier molecular flexibility index (Phi) is 7.50. The summed E-state index contributed by atoms with van der Waals surface area (Å²) in [4.78, 5) is 0. The third-order valence-electron chi connectivity index (χ3n) is 4.55. The maximum Gasteiger partial charge on any atom is 0.191 e. The number of ether oxygens (including phenoxy) is 1. The van der Waals surface area contributed by atoms with E-state index in [0.717, 1.165) is 22.3 Å². The monoisotopic (exact) mass is 461 g/mol. The van der Waals surface area contributed by atoms with Gasteiger partial charge in [0.05, 0.1) is 10.0 Å². The SMILES string of the molecule is C=CCn1c(COc2ccc(C(C)(C)C)cc2)nnc1SCc1ccc(Cl)c(Cl)c1. The molecule has 3 rings (SSSR count). The van der Waals surface area contributed by atoms with E-state index < -0.39 is 0 Å². The zero-order chi connectivity index (χ0) is 21.7. The molecule has 0 saturated heterocycles. The van der Waals surface area contributed by atoms with Gasteiger partial charge in [-0.15, -0.1) is 16.8 Å². The van der Waals surface area contributed by atoms with E-state index in [1.165, 1.54) is 5.56 Å². The number of halogens is 2. The van der Waals surface area contributed by atoms with Crippen molar-refractivity contribution >= 4 is 35.0 Å². The normalized spacial score (nSPS) is 11.5. The minimum atomic E-state index is 0.114. The smallest absolute Gasteiger partial charge is 0.191 e. The van der Waals surface area contributed by atoms with E-state index in [0.29, 0.717) is 28.9 Å². The van der Waals surface area contributed by atoms with Crippen LogP contribution in [0.25, 0.3) is 0 Å². The second-order valence-electron chi connectivity index (χ2n) is 7.90. The van der Waals surface area contributed by atoms with Crippen molar-refractivity contribution in [3.05, 3.63) is 82.1 Å². The van der Waals surface area contributed by atoms with E-state index in [-0.39, 0.29) is 5.41 Å². The lowest BCUT2D eigenvalue weighted by molar-refractivity contribution is 0.289. The Morgan fingerprint density at radius 3 is 2.43 bits per heavy atom. The molecule has 0 aliphatic rings. The molecule has 2 aromatic carbocycles. The number of nitrogens with zero attached hydrogens (tertiary/aromatic N) is 3. The van der Waals surface area contributed by atoms with E-state index in [9.17, 15) is 0 Å². The lowest BCUT2D eigenvalue weighted by Crippen LogP contribution is -2.11. The van der Waals surface area contributed by atoms with E-state index in [1.54, 1.807) is 17.8 Å². The molecule has 3 aromatic rings. The molecule has 0 aliphatic carbocycles. The van der Waals surface area contributed by atoms with Gasteiger partial charge in [-0.3, -0.25) is 4.57 Å². The van der Waals surface area contributed by atoms with Crippen molar-refractivity contribution in [3.8, 4) is 5.75 Å². The van der Waals surface area contributed by atoms with Crippen LogP contribution in [0.4, 0.5) is 0 Å². The largest absolute Gasteiger partial charge is 0.486 e. The lowest BCUT2D eigenvalue weighted by atomic mass is 9.87. The van der Waals surface area contributed by atoms with Crippen LogP contribution in [-0.4, -0.2) is 14.8 Å². The van der Waals surface area contributed by atoms with Gasteiger partial charge in [-0.25, -0.2) is 0 Å². The first-order valence-electron chi connectivity index (χ1n) is 9.61. The molecule has 30 heavy (non-hydrogen) atoms. The van der Waals surface area contributed by atoms with Crippen LogP contribution >= 0.6 is 35.0 Å². The van der Waals surface area contributed by atoms with Gasteiger partial charge in [0.2, 0.25) is 0 Å². The molecule has 4 nitrogen and oxygen atoms in total. The summed E-state index contributed by atoms with van der Waals surface area (Å²) in [5.41, 5.74) is 2.45. The van der Waals surface area contributed by atoms with Gasteiger partial charge in [0.25, 0.3) is 0 Å². The zero-order valence-corrected chi connectivity index (χ0v) is 19.7. The van der Waals surface area contributed by atoms with Gasteiger partial charge in [0, 0.05) is 12.3 Å². The van der Waals surface area contributed by atoms with Crippen molar-refractivity contribution in [2.24, 2.45) is 0 Å². The van der Waals surface area contributed by atoms with Crippen LogP contribution < -0.4 is 4.74 Å². The summed E-state index contributed by atoms with van der Waals surface area (Å²) in [5.74, 6) is 2.27. The van der Waals surface area contributed by atoms with Crippen LogP contribution in [0.15, 0.2) is 60.3 Å². The van der Waals surface area contributed by atoms with Crippen molar-refractivity contribution in [2.75, 3.05) is 0 Å². The number of aromatic nitrogens is 3. The Balaban J connectivity index is 1.67. The summed E-state index contributed by atoms with van der Waals surface area (Å²) in [6.07, 6.45) is 1.83. The highest BCUT2D eigenvalue weighted by atomic mass is 35.5. The van der Waals surface area contributed by atoms with Crippen LogP contribution in [0.5, 0.6) is 5.75 Å². The van der Waals surface area contributed by atoms with Crippen molar-refractivity contribution < 1.29 is 4.74 Å². The van der Waals surface area contributed by atoms with E-state index in [2.05, 4.69) is 49.7 Å². The highest BCUT2D eigenvalue weighted by Gasteiger charge is 2.15. The standard InChI is InChI=1S/C23H25Cl2N3OS/c1-5-12-28-21(14-29-18-9-7-17(8-10-18)23(2,3)4)26-27-22(28)30-15-16-6-11-19(24)20(25)13-16/h5-11,13H,1,12,14-15H2,2-4H3. The Hall–Kier alpha value is -1.95. The number of allylic oxidation sites excluding steroid dienone is 1. The molecule has 0 saturated carbocycles. The van der Waals surface area contributed by atoms with Crippen LogP contribution in [0.3, 0.4) is 0 Å². The maximum absolute atomic E-state index is 6.11. The summed E-state index contributed by atoms with van der Waals surface area (Å²) < 4.78 is 7.97. The zero-order valence-electron chi connectivity index (χ0n) is 17.4. The third kappa shape index (κ3) is 5.81. The van der Waals surface area contributed by atoms with Crippen LogP contribution in [-0.2, 0) is 24.3 Å². The highest BCUT2D eigenvalue weighted by molar-refractivity contribution is 7.98. The lowest BCUT2D eigenvalue weighted by Gasteiger charge is -2.19. The van der Waals surface area contributed by atoms with Crippen molar-refractivity contribution in [1.82, 2.24) is 14.8 Å². The minimum absolute atomic E-state index is 0.114. The van der Waals surface area contributed by atoms with Gasteiger partial charge in [-0.2, -0.15) is 0 Å². The minimum Gasteiger partial charge on any atom is -0.486 e. The molecular formula is C23H25Cl2N3OS. The van der Waals surface area contributed by atoms with Crippen LogP contribution in [0.1, 0.15) is 37.7 Å². The van der Waals surface area contributed by atoms with Gasteiger partial charge in [-0.1, -0.05) is 80.0 Å². The van der Waals surface area contributed by atoms with Crippen molar-refractivity contribution in [1.29, 1.82) is 0 Å². The van der Waals surface area contributed by atoms with E-state index in [1.807, 2.05) is 34.9 Å². The van der Waals surface area contributed by atoms with Gasteiger partial charge in [-0.05, 0) is 40.8 Å². The average molecular weight is 462 g/mol. The molecule has 0 radical (unpaired) electrons. The molecule has 1 heterocycles. The topological polar surface area (TPSA) is 39.9 Å². The summed E-state index contributed by atoms with van der Waals surface area (Å²) in [6, 6.07) is 13.8. The summed E-state index contributed by atoms with van der Waals surface area (Å²) >= 11 is 13.7. The number of hydrogen-bond donors (Lipinski definition) is 0. The van der Waals surface area contributed by atoms with Crippen LogP contribution in [0, 0.1) is 0 Å². The Labute approximate surface area is 192 Å². The predicted octanol–water partition coefficient (Wildman–Crippen LogP) is 6.94. The molecule has 0 atom stereocenters. The van der Waals surface area contributed by atoms with E-state index >= 15 is 0 Å². The molecule has 0 amide bonds. The number of hydrogen-bond acceptors (Lipinski definition) is 4. The van der Waals surface area contributed by atoms with Crippen LogP contribution in [0.2, 0.25) is 10.0 Å². The molecular weight excluding hydrogens is 437 g/mol. The van der Waals surface area contributed by atoms with E-state index in [4.69, 9.17) is 27.9 Å². The first-order chi connectivity index (χ1) is 14.3. The summed E-state index contributed by atoms with van der Waals surface area (Å²) in [5, 5.41) is 10.6. The van der Waals surface area contributed by atoms with Gasteiger partial charge in [0.1, 0.15) is 12.4 Å². The molecule has 0 bridgehead atoms. The van der Waals surface area contributed by atoms with Crippen molar-refractivity contribution in [3.63, 3.8) is 0 Å². The highest BCUT2D eigenvalue weighted by Crippen LogP contribution is 2.28.